The third-order valence-corrected chi connectivity index (χ3v) is 2.33. The van der Waals surface area contributed by atoms with Gasteiger partial charge in [-0.3, -0.25) is 4.40 Å². The predicted molar refractivity (Wildman–Crippen MR) is 39.7 cm³/mol. The van der Waals surface area contributed by atoms with E-state index in [1.165, 1.54) is 10.6 Å². The van der Waals surface area contributed by atoms with Gasteiger partial charge in [0.05, 0.1) is 0 Å². The molecule has 0 radical (unpaired) electrons. The average molecular weight is 193 g/mol. The number of thiazole rings is 1. The number of imidazole rings is 1. The maximum Gasteiger partial charge on any atom is 0.276 e. The second-order valence-electron chi connectivity index (χ2n) is 1.91. The fourth-order valence-electron chi connectivity index (χ4n) is 0.781. The van der Waals surface area contributed by atoms with Crippen molar-refractivity contribution in [3.8, 4) is 5.88 Å². The molecular formula is C5H2ClFN2OS. The summed E-state index contributed by atoms with van der Waals surface area (Å²) >= 11 is 6.68. The topological polar surface area (TPSA) is 37.5 Å². The molecule has 0 aliphatic heterocycles. The van der Waals surface area contributed by atoms with Gasteiger partial charge in [0.15, 0.2) is 0 Å². The summed E-state index contributed by atoms with van der Waals surface area (Å²) in [5, 5.41) is 8.99. The molecule has 0 bridgehead atoms. The van der Waals surface area contributed by atoms with Crippen molar-refractivity contribution in [1.82, 2.24) is 9.38 Å². The van der Waals surface area contributed by atoms with Gasteiger partial charge in [-0.2, -0.15) is 9.37 Å². The minimum Gasteiger partial charge on any atom is -0.491 e. The van der Waals surface area contributed by atoms with Crippen LogP contribution < -0.4 is 0 Å². The van der Waals surface area contributed by atoms with Gasteiger partial charge in [0.25, 0.3) is 11.8 Å². The summed E-state index contributed by atoms with van der Waals surface area (Å²) in [6.07, 6.45) is 1.41. The Morgan fingerprint density at radius 1 is 1.73 bits per heavy atom. The normalized spacial score (nSPS) is 11.1. The molecule has 0 unspecified atom stereocenters. The molecule has 0 fully saturated rings. The highest BCUT2D eigenvalue weighted by Crippen LogP contribution is 2.27. The van der Waals surface area contributed by atoms with Gasteiger partial charge in [0, 0.05) is 6.20 Å². The Hall–Kier alpha value is -0.810. The van der Waals surface area contributed by atoms with Crippen molar-refractivity contribution in [1.29, 1.82) is 0 Å². The quantitative estimate of drug-likeness (QED) is 0.692. The molecular weight excluding hydrogens is 191 g/mol. The van der Waals surface area contributed by atoms with Crippen LogP contribution in [0.5, 0.6) is 5.88 Å². The Morgan fingerprint density at radius 2 is 2.45 bits per heavy atom. The smallest absolute Gasteiger partial charge is 0.276 e. The molecule has 0 saturated carbocycles. The molecule has 2 heterocycles. The summed E-state index contributed by atoms with van der Waals surface area (Å²) < 4.78 is 14.1. The number of halogens is 2. The molecule has 0 aliphatic rings. The summed E-state index contributed by atoms with van der Waals surface area (Å²) in [7, 11) is 0. The summed E-state index contributed by atoms with van der Waals surface area (Å²) in [4.78, 5) is 3.77. The number of rotatable bonds is 0. The molecule has 3 nitrogen and oxygen atoms in total. The van der Waals surface area contributed by atoms with Crippen molar-refractivity contribution in [3.63, 3.8) is 0 Å². The van der Waals surface area contributed by atoms with Gasteiger partial charge in [-0.15, -0.1) is 0 Å². The van der Waals surface area contributed by atoms with Crippen LogP contribution in [-0.2, 0) is 0 Å². The van der Waals surface area contributed by atoms with Crippen LogP contribution in [0.1, 0.15) is 0 Å². The van der Waals surface area contributed by atoms with E-state index in [-0.39, 0.29) is 0 Å². The van der Waals surface area contributed by atoms with Gasteiger partial charge in [-0.25, -0.2) is 0 Å². The number of hydrogen-bond donors (Lipinski definition) is 1. The molecule has 2 aromatic heterocycles. The number of aromatic nitrogens is 2. The second kappa shape index (κ2) is 2.09. The van der Waals surface area contributed by atoms with Crippen molar-refractivity contribution >= 4 is 27.9 Å². The van der Waals surface area contributed by atoms with Crippen LogP contribution in [-0.4, -0.2) is 14.5 Å². The van der Waals surface area contributed by atoms with Crippen molar-refractivity contribution < 1.29 is 9.50 Å². The van der Waals surface area contributed by atoms with Gasteiger partial charge in [-0.1, -0.05) is 22.9 Å². The first-order valence-corrected chi connectivity index (χ1v) is 3.90. The molecule has 11 heavy (non-hydrogen) atoms. The van der Waals surface area contributed by atoms with E-state index in [1.807, 2.05) is 0 Å². The lowest BCUT2D eigenvalue weighted by molar-refractivity contribution is 0.405. The van der Waals surface area contributed by atoms with E-state index in [0.717, 1.165) is 11.3 Å². The number of nitrogens with zero attached hydrogens (tertiary/aromatic N) is 2. The van der Waals surface area contributed by atoms with E-state index >= 15 is 0 Å². The molecule has 58 valence electrons. The van der Waals surface area contributed by atoms with E-state index < -0.39 is 11.8 Å². The van der Waals surface area contributed by atoms with Gasteiger partial charge >= 0.3 is 0 Å². The van der Waals surface area contributed by atoms with Crippen LogP contribution in [0.15, 0.2) is 6.20 Å². The van der Waals surface area contributed by atoms with Gasteiger partial charge in [0.2, 0.25) is 4.96 Å². The van der Waals surface area contributed by atoms with Crippen molar-refractivity contribution in [2.45, 2.75) is 0 Å². The van der Waals surface area contributed by atoms with Crippen LogP contribution in [0.2, 0.25) is 4.34 Å². The Labute approximate surface area is 69.7 Å². The molecule has 0 atom stereocenters. The Kier molecular flexibility index (Phi) is 1.30. The first-order valence-electron chi connectivity index (χ1n) is 2.70. The fraction of sp³-hybridized carbons (Fsp3) is 0. The van der Waals surface area contributed by atoms with Crippen LogP contribution >= 0.6 is 22.9 Å². The van der Waals surface area contributed by atoms with Crippen molar-refractivity contribution in [2.75, 3.05) is 0 Å². The molecule has 6 heteroatoms. The van der Waals surface area contributed by atoms with Crippen LogP contribution in [0, 0.1) is 5.95 Å². The highest BCUT2D eigenvalue weighted by molar-refractivity contribution is 7.20. The largest absolute Gasteiger partial charge is 0.491 e. The lowest BCUT2D eigenvalue weighted by Crippen LogP contribution is -1.74. The molecule has 2 rings (SSSR count). The standard InChI is InChI=1S/C5H2ClFN2OS/c6-2-1-9-4(10)3(7)8-5(9)11-2/h1,10H. The van der Waals surface area contributed by atoms with E-state index in [9.17, 15) is 4.39 Å². The highest BCUT2D eigenvalue weighted by atomic mass is 35.5. The average Bonchev–Trinajstić information content (AvgIpc) is 2.37. The van der Waals surface area contributed by atoms with Gasteiger partial charge in [-0.05, 0) is 0 Å². The predicted octanol–water partition coefficient (Wildman–Crippen LogP) is 1.89. The Bertz CT molecular complexity index is 410. The maximum atomic E-state index is 12.5. The van der Waals surface area contributed by atoms with E-state index in [2.05, 4.69) is 4.98 Å². The zero-order chi connectivity index (χ0) is 8.01. The summed E-state index contributed by atoms with van der Waals surface area (Å²) in [6, 6.07) is 0. The third-order valence-electron chi connectivity index (χ3n) is 1.23. The minimum atomic E-state index is -0.868. The van der Waals surface area contributed by atoms with Crippen LogP contribution in [0.25, 0.3) is 4.96 Å². The first kappa shape index (κ1) is 6.87. The van der Waals surface area contributed by atoms with Crippen molar-refractivity contribution in [3.05, 3.63) is 16.5 Å². The SMILES string of the molecule is Oc1c(F)nc2sc(Cl)cn12. The molecule has 0 spiro atoms. The Balaban J connectivity index is 2.88. The molecule has 0 saturated heterocycles. The summed E-state index contributed by atoms with van der Waals surface area (Å²) in [6.45, 7) is 0. The summed E-state index contributed by atoms with van der Waals surface area (Å²) in [5.41, 5.74) is 0. The molecule has 0 aromatic carbocycles. The third kappa shape index (κ3) is 0.883. The van der Waals surface area contributed by atoms with Crippen molar-refractivity contribution in [2.24, 2.45) is 0 Å². The van der Waals surface area contributed by atoms with Gasteiger partial charge < -0.3 is 5.11 Å². The number of fused-ring (bicyclic) bond motifs is 1. The molecule has 0 amide bonds. The lowest BCUT2D eigenvalue weighted by atomic mass is 10.8. The lowest BCUT2D eigenvalue weighted by Gasteiger charge is -1.83. The number of aromatic hydroxyl groups is 1. The number of hydrogen-bond acceptors (Lipinski definition) is 3. The van der Waals surface area contributed by atoms with E-state index in [4.69, 9.17) is 16.7 Å². The molecule has 1 N–H and O–H groups in total. The van der Waals surface area contributed by atoms with E-state index in [0.29, 0.717) is 9.30 Å². The fourth-order valence-corrected chi connectivity index (χ4v) is 1.78. The monoisotopic (exact) mass is 192 g/mol. The minimum absolute atomic E-state index is 0.352. The Morgan fingerprint density at radius 3 is 3.09 bits per heavy atom. The van der Waals surface area contributed by atoms with E-state index in [1.54, 1.807) is 0 Å². The summed E-state index contributed by atoms with van der Waals surface area (Å²) in [5.74, 6) is -1.36. The van der Waals surface area contributed by atoms with Gasteiger partial charge in [0.1, 0.15) is 4.34 Å². The highest BCUT2D eigenvalue weighted by Gasteiger charge is 2.12. The first-order chi connectivity index (χ1) is 5.18. The molecule has 0 aliphatic carbocycles. The van der Waals surface area contributed by atoms with Crippen LogP contribution in [0.4, 0.5) is 4.39 Å². The second-order valence-corrected chi connectivity index (χ2v) is 3.55. The van der Waals surface area contributed by atoms with Crippen LogP contribution in [0.3, 0.4) is 0 Å². The zero-order valence-corrected chi connectivity index (χ0v) is 6.66. The maximum absolute atomic E-state index is 12.5. The zero-order valence-electron chi connectivity index (χ0n) is 5.08. The molecule has 2 aromatic rings.